The first kappa shape index (κ1) is 18.9. The number of nitrogens with one attached hydrogen (secondary N) is 2. The zero-order valence-electron chi connectivity index (χ0n) is 16.1. The lowest BCUT2D eigenvalue weighted by Crippen LogP contribution is -2.51. The van der Waals surface area contributed by atoms with Crippen LogP contribution in [0, 0.1) is 0 Å². The van der Waals surface area contributed by atoms with Crippen molar-refractivity contribution in [3.05, 3.63) is 30.0 Å². The van der Waals surface area contributed by atoms with E-state index in [0.717, 1.165) is 36.7 Å². The summed E-state index contributed by atoms with van der Waals surface area (Å²) in [7, 11) is 0. The number of benzene rings is 1. The van der Waals surface area contributed by atoms with Gasteiger partial charge in [-0.2, -0.15) is 5.10 Å². The quantitative estimate of drug-likeness (QED) is 0.768. The number of amides is 1. The monoisotopic (exact) mass is 358 g/mol. The molecule has 0 aliphatic carbocycles. The molecule has 0 bridgehead atoms. The normalized spacial score (nSPS) is 21.3. The number of hydrogen-bond acceptors (Lipinski definition) is 4. The lowest BCUT2D eigenvalue weighted by Gasteiger charge is -2.33. The van der Waals surface area contributed by atoms with Crippen LogP contribution in [0.5, 0.6) is 0 Å². The average Bonchev–Trinajstić information content (AvgIpc) is 2.95. The molecule has 2 heterocycles. The topological polar surface area (TPSA) is 79.2 Å². The highest BCUT2D eigenvalue weighted by Gasteiger charge is 2.27. The molecule has 1 fully saturated rings. The summed E-state index contributed by atoms with van der Waals surface area (Å²) in [5.74, 6) is -0.117. The van der Waals surface area contributed by atoms with Crippen molar-refractivity contribution < 1.29 is 9.90 Å². The number of nitrogens with zero attached hydrogens (tertiary/aromatic N) is 2. The summed E-state index contributed by atoms with van der Waals surface area (Å²) in [5.41, 5.74) is 0.809. The molecule has 1 saturated heterocycles. The summed E-state index contributed by atoms with van der Waals surface area (Å²) in [6.45, 7) is 8.51. The number of carbonyl (C=O) groups is 1. The first-order valence-corrected chi connectivity index (χ1v) is 9.48. The van der Waals surface area contributed by atoms with E-state index in [0.29, 0.717) is 11.7 Å². The summed E-state index contributed by atoms with van der Waals surface area (Å²) < 4.78 is 1.91. The van der Waals surface area contributed by atoms with Gasteiger partial charge < -0.3 is 15.7 Å². The minimum Gasteiger partial charge on any atom is -0.390 e. The number of aliphatic hydroxyl groups is 1. The van der Waals surface area contributed by atoms with Gasteiger partial charge in [-0.3, -0.25) is 9.48 Å². The van der Waals surface area contributed by atoms with Crippen molar-refractivity contribution in [3.8, 4) is 0 Å². The van der Waals surface area contributed by atoms with Gasteiger partial charge >= 0.3 is 0 Å². The van der Waals surface area contributed by atoms with Gasteiger partial charge in [0.1, 0.15) is 0 Å². The second-order valence-corrected chi connectivity index (χ2v) is 8.27. The Hall–Kier alpha value is -1.92. The van der Waals surface area contributed by atoms with Crippen LogP contribution in [0.15, 0.2) is 24.3 Å². The maximum atomic E-state index is 12.8. The molecular weight excluding hydrogens is 328 g/mol. The maximum Gasteiger partial charge on any atom is 0.272 e. The van der Waals surface area contributed by atoms with Gasteiger partial charge in [-0.05, 0) is 53.0 Å². The highest BCUT2D eigenvalue weighted by atomic mass is 16.3. The first-order chi connectivity index (χ1) is 12.2. The van der Waals surface area contributed by atoms with Crippen LogP contribution in [0.3, 0.4) is 0 Å². The predicted molar refractivity (Wildman–Crippen MR) is 103 cm³/mol. The SMILES string of the molecule is CC(C)n1nc(C(=O)NC2CCC(CC(C)(C)O)NC2)c2ccccc21. The minimum absolute atomic E-state index is 0.0866. The van der Waals surface area contributed by atoms with Crippen molar-refractivity contribution in [2.24, 2.45) is 0 Å². The molecule has 3 rings (SSSR count). The van der Waals surface area contributed by atoms with Crippen LogP contribution in [0.25, 0.3) is 10.9 Å². The fraction of sp³-hybridized carbons (Fsp3) is 0.600. The van der Waals surface area contributed by atoms with Crippen LogP contribution in [-0.4, -0.2) is 45.0 Å². The van der Waals surface area contributed by atoms with Crippen molar-refractivity contribution in [2.75, 3.05) is 6.54 Å². The Labute approximate surface area is 155 Å². The molecule has 1 aromatic heterocycles. The van der Waals surface area contributed by atoms with E-state index in [1.165, 1.54) is 0 Å². The summed E-state index contributed by atoms with van der Waals surface area (Å²) in [4.78, 5) is 12.8. The number of fused-ring (bicyclic) bond motifs is 1. The molecule has 2 atom stereocenters. The summed E-state index contributed by atoms with van der Waals surface area (Å²) in [6.07, 6.45) is 2.57. The van der Waals surface area contributed by atoms with Gasteiger partial charge in [-0.25, -0.2) is 0 Å². The molecule has 2 aromatic rings. The van der Waals surface area contributed by atoms with Crippen molar-refractivity contribution >= 4 is 16.8 Å². The summed E-state index contributed by atoms with van der Waals surface area (Å²) >= 11 is 0. The summed E-state index contributed by atoms with van der Waals surface area (Å²) in [5, 5.41) is 22.0. The van der Waals surface area contributed by atoms with Gasteiger partial charge in [0.25, 0.3) is 5.91 Å². The molecule has 26 heavy (non-hydrogen) atoms. The van der Waals surface area contributed by atoms with E-state index in [1.807, 2.05) is 42.8 Å². The molecule has 0 radical (unpaired) electrons. The molecule has 142 valence electrons. The van der Waals surface area contributed by atoms with Gasteiger partial charge in [-0.1, -0.05) is 18.2 Å². The zero-order valence-corrected chi connectivity index (χ0v) is 16.1. The van der Waals surface area contributed by atoms with E-state index in [4.69, 9.17) is 0 Å². The Bertz CT molecular complexity index is 768. The molecule has 2 unspecified atom stereocenters. The third-order valence-corrected chi connectivity index (χ3v) is 4.92. The fourth-order valence-electron chi connectivity index (χ4n) is 3.72. The largest absolute Gasteiger partial charge is 0.390 e. The van der Waals surface area contributed by atoms with Gasteiger partial charge in [0, 0.05) is 30.1 Å². The van der Waals surface area contributed by atoms with Crippen LogP contribution in [-0.2, 0) is 0 Å². The number of rotatable bonds is 5. The van der Waals surface area contributed by atoms with Crippen molar-refractivity contribution in [3.63, 3.8) is 0 Å². The fourth-order valence-corrected chi connectivity index (χ4v) is 3.72. The Morgan fingerprint density at radius 2 is 2.12 bits per heavy atom. The third kappa shape index (κ3) is 4.24. The molecule has 1 aliphatic rings. The average molecular weight is 358 g/mol. The smallest absolute Gasteiger partial charge is 0.272 e. The number of piperidine rings is 1. The standard InChI is InChI=1S/C20H30N4O2/c1-13(2)24-17-8-6-5-7-16(17)18(23-24)19(25)22-15-10-9-14(21-12-15)11-20(3,4)26/h5-8,13-15,21,26H,9-12H2,1-4H3,(H,22,25). The van der Waals surface area contributed by atoms with Crippen molar-refractivity contribution in [2.45, 2.75) is 70.7 Å². The molecular formula is C20H30N4O2. The van der Waals surface area contributed by atoms with Crippen molar-refractivity contribution in [1.29, 1.82) is 0 Å². The number of hydrogen-bond donors (Lipinski definition) is 3. The first-order valence-electron chi connectivity index (χ1n) is 9.48. The Balaban J connectivity index is 1.67. The van der Waals surface area contributed by atoms with E-state index in [1.54, 1.807) is 0 Å². The number of aromatic nitrogens is 2. The molecule has 1 amide bonds. The second kappa shape index (κ2) is 7.37. The van der Waals surface area contributed by atoms with Gasteiger partial charge in [0.15, 0.2) is 5.69 Å². The third-order valence-electron chi connectivity index (χ3n) is 4.92. The highest BCUT2D eigenvalue weighted by Crippen LogP contribution is 2.22. The second-order valence-electron chi connectivity index (χ2n) is 8.27. The Morgan fingerprint density at radius 1 is 1.38 bits per heavy atom. The Morgan fingerprint density at radius 3 is 2.73 bits per heavy atom. The Kier molecular flexibility index (Phi) is 5.34. The number of para-hydroxylation sites is 1. The molecule has 1 aromatic carbocycles. The lowest BCUT2D eigenvalue weighted by atomic mass is 9.91. The molecule has 6 heteroatoms. The number of carbonyl (C=O) groups excluding carboxylic acids is 1. The van der Waals surface area contributed by atoms with Gasteiger partial charge in [0.2, 0.25) is 0 Å². The lowest BCUT2D eigenvalue weighted by molar-refractivity contribution is 0.0536. The molecule has 6 nitrogen and oxygen atoms in total. The molecule has 1 aliphatic heterocycles. The van der Waals surface area contributed by atoms with Crippen LogP contribution >= 0.6 is 0 Å². The molecule has 0 spiro atoms. The molecule has 3 N–H and O–H groups in total. The minimum atomic E-state index is -0.670. The van der Waals surface area contributed by atoms with E-state index >= 15 is 0 Å². The van der Waals surface area contributed by atoms with E-state index in [9.17, 15) is 9.90 Å². The van der Waals surface area contributed by atoms with E-state index in [-0.39, 0.29) is 18.0 Å². The van der Waals surface area contributed by atoms with Gasteiger partial charge in [0.05, 0.1) is 11.1 Å². The van der Waals surface area contributed by atoms with Crippen molar-refractivity contribution in [1.82, 2.24) is 20.4 Å². The van der Waals surface area contributed by atoms with Crippen LogP contribution in [0.1, 0.15) is 63.5 Å². The highest BCUT2D eigenvalue weighted by molar-refractivity contribution is 6.05. The van der Waals surface area contributed by atoms with Crippen LogP contribution in [0.4, 0.5) is 0 Å². The predicted octanol–water partition coefficient (Wildman–Crippen LogP) is 2.63. The zero-order chi connectivity index (χ0) is 18.9. The van der Waals surface area contributed by atoms with Crippen LogP contribution < -0.4 is 10.6 Å². The van der Waals surface area contributed by atoms with E-state index in [2.05, 4.69) is 29.6 Å². The van der Waals surface area contributed by atoms with E-state index < -0.39 is 5.60 Å². The molecule has 0 saturated carbocycles. The van der Waals surface area contributed by atoms with Crippen LogP contribution in [0.2, 0.25) is 0 Å². The van der Waals surface area contributed by atoms with Gasteiger partial charge in [-0.15, -0.1) is 0 Å². The maximum absolute atomic E-state index is 12.8. The summed E-state index contributed by atoms with van der Waals surface area (Å²) in [6, 6.07) is 8.44.